The molecule has 0 rings (SSSR count). The third-order valence-corrected chi connectivity index (χ3v) is 5.99. The summed E-state index contributed by atoms with van der Waals surface area (Å²) in [5.41, 5.74) is 0. The molecule has 0 atom stereocenters. The van der Waals surface area contributed by atoms with Gasteiger partial charge in [-0.05, 0) is 12.8 Å². The van der Waals surface area contributed by atoms with Crippen LogP contribution in [-0.4, -0.2) is 27.0 Å². The first kappa shape index (κ1) is 26.6. The van der Waals surface area contributed by atoms with Crippen molar-refractivity contribution in [3.05, 3.63) is 0 Å². The van der Waals surface area contributed by atoms with Crippen molar-refractivity contribution in [1.29, 1.82) is 0 Å². The maximum Gasteiger partial charge on any atom is 0.325 e. The predicted molar refractivity (Wildman–Crippen MR) is 112 cm³/mol. The fraction of sp³-hybridized carbons (Fsp3) is 0.952. The number of carboxylic acids is 1. The van der Waals surface area contributed by atoms with Gasteiger partial charge in [-0.2, -0.15) is 0 Å². The van der Waals surface area contributed by atoms with Crippen molar-refractivity contribution >= 4 is 13.6 Å². The molecule has 0 aromatic carbocycles. The zero-order valence-electron chi connectivity index (χ0n) is 17.2. The number of rotatable bonds is 21. The monoisotopic (exact) mass is 406 g/mol. The fourth-order valence-corrected chi connectivity index (χ4v) is 4.06. The standard InChI is InChI=1S/C21H43O5P/c22-21(23)19-17-15-13-11-9-7-5-3-1-2-4-6-8-10-12-14-16-18-20-27(24,25)26/h1-20H2,(H,22,23)(H2,24,25,26). The lowest BCUT2D eigenvalue weighted by Crippen LogP contribution is -1.93. The van der Waals surface area contributed by atoms with Crippen LogP contribution in [-0.2, 0) is 9.36 Å². The second kappa shape index (κ2) is 19.0. The molecule has 0 heterocycles. The van der Waals surface area contributed by atoms with Gasteiger partial charge in [0.25, 0.3) is 0 Å². The number of hydrogen-bond donors (Lipinski definition) is 3. The molecule has 0 aliphatic heterocycles. The van der Waals surface area contributed by atoms with Gasteiger partial charge in [-0.25, -0.2) is 0 Å². The molecule has 0 aliphatic carbocycles. The van der Waals surface area contributed by atoms with Gasteiger partial charge in [0.2, 0.25) is 0 Å². The topological polar surface area (TPSA) is 94.8 Å². The Hall–Kier alpha value is -0.380. The van der Waals surface area contributed by atoms with Gasteiger partial charge in [0.15, 0.2) is 0 Å². The van der Waals surface area contributed by atoms with Crippen LogP contribution < -0.4 is 0 Å². The predicted octanol–water partition coefficient (Wildman–Crippen LogP) is 6.66. The molecular weight excluding hydrogens is 363 g/mol. The molecule has 6 heteroatoms. The van der Waals surface area contributed by atoms with E-state index in [2.05, 4.69) is 0 Å². The van der Waals surface area contributed by atoms with Crippen molar-refractivity contribution in [3.63, 3.8) is 0 Å². The number of hydrogen-bond acceptors (Lipinski definition) is 2. The van der Waals surface area contributed by atoms with E-state index in [1.54, 1.807) is 0 Å². The molecule has 0 saturated heterocycles. The Morgan fingerprint density at radius 1 is 0.519 bits per heavy atom. The molecule has 0 radical (unpaired) electrons. The lowest BCUT2D eigenvalue weighted by Gasteiger charge is -2.04. The van der Waals surface area contributed by atoms with Crippen molar-refractivity contribution < 1.29 is 24.3 Å². The molecule has 3 N–H and O–H groups in total. The average Bonchev–Trinajstić information content (AvgIpc) is 2.58. The summed E-state index contributed by atoms with van der Waals surface area (Å²) in [4.78, 5) is 27.9. The summed E-state index contributed by atoms with van der Waals surface area (Å²) < 4.78 is 10.7. The van der Waals surface area contributed by atoms with E-state index in [9.17, 15) is 9.36 Å². The smallest absolute Gasteiger partial charge is 0.325 e. The van der Waals surface area contributed by atoms with Crippen molar-refractivity contribution in [2.24, 2.45) is 0 Å². The summed E-state index contributed by atoms with van der Waals surface area (Å²) in [6, 6.07) is 0. The molecule has 0 aliphatic rings. The zero-order valence-corrected chi connectivity index (χ0v) is 18.1. The highest BCUT2D eigenvalue weighted by molar-refractivity contribution is 7.51. The highest BCUT2D eigenvalue weighted by atomic mass is 31.2. The SMILES string of the molecule is O=C(O)CCCCCCCCCCCCCCCCCCCCP(=O)(O)O. The zero-order chi connectivity index (χ0) is 20.2. The highest BCUT2D eigenvalue weighted by Crippen LogP contribution is 2.35. The van der Waals surface area contributed by atoms with Crippen LogP contribution in [0.2, 0.25) is 0 Å². The summed E-state index contributed by atoms with van der Waals surface area (Å²) in [5, 5.41) is 8.56. The van der Waals surface area contributed by atoms with E-state index < -0.39 is 13.6 Å². The van der Waals surface area contributed by atoms with Crippen LogP contribution in [0.1, 0.15) is 122 Å². The number of carboxylic acid groups (broad SMARTS) is 1. The lowest BCUT2D eigenvalue weighted by atomic mass is 10.0. The molecule has 0 spiro atoms. The molecule has 0 saturated carbocycles. The fourth-order valence-electron chi connectivity index (χ4n) is 3.42. The molecule has 0 aromatic heterocycles. The molecule has 5 nitrogen and oxygen atoms in total. The van der Waals surface area contributed by atoms with Crippen molar-refractivity contribution in [1.82, 2.24) is 0 Å². The summed E-state index contributed by atoms with van der Waals surface area (Å²) >= 11 is 0. The van der Waals surface area contributed by atoms with E-state index in [1.807, 2.05) is 0 Å². The second-order valence-corrected chi connectivity index (χ2v) is 9.67. The largest absolute Gasteiger partial charge is 0.481 e. The Morgan fingerprint density at radius 3 is 1.04 bits per heavy atom. The summed E-state index contributed by atoms with van der Waals surface area (Å²) in [6.45, 7) is 0. The summed E-state index contributed by atoms with van der Waals surface area (Å²) in [7, 11) is -3.78. The van der Waals surface area contributed by atoms with Crippen molar-refractivity contribution in [2.75, 3.05) is 6.16 Å². The maximum absolute atomic E-state index is 10.7. The normalized spacial score (nSPS) is 11.8. The number of unbranched alkanes of at least 4 members (excludes halogenated alkanes) is 17. The van der Waals surface area contributed by atoms with E-state index in [4.69, 9.17) is 14.9 Å². The van der Waals surface area contributed by atoms with E-state index in [-0.39, 0.29) is 6.16 Å². The molecule has 0 unspecified atom stereocenters. The van der Waals surface area contributed by atoms with Gasteiger partial charge in [0.1, 0.15) is 0 Å². The summed E-state index contributed by atoms with van der Waals surface area (Å²) in [5.74, 6) is -0.675. The van der Waals surface area contributed by atoms with Crippen molar-refractivity contribution in [3.8, 4) is 0 Å². The first-order valence-corrected chi connectivity index (χ1v) is 13.0. The van der Waals surface area contributed by atoms with Crippen LogP contribution in [0.15, 0.2) is 0 Å². The van der Waals surface area contributed by atoms with Gasteiger partial charge >= 0.3 is 13.6 Å². The van der Waals surface area contributed by atoms with Gasteiger partial charge in [0, 0.05) is 12.6 Å². The van der Waals surface area contributed by atoms with E-state index >= 15 is 0 Å². The first-order valence-electron chi connectivity index (χ1n) is 11.2. The molecule has 0 aromatic rings. The Bertz CT molecular complexity index is 381. The maximum atomic E-state index is 10.7. The molecule has 0 bridgehead atoms. The van der Waals surface area contributed by atoms with E-state index in [0.717, 1.165) is 25.7 Å². The van der Waals surface area contributed by atoms with Crippen LogP contribution in [0.3, 0.4) is 0 Å². The molecule has 162 valence electrons. The van der Waals surface area contributed by atoms with Gasteiger partial charge in [-0.1, -0.05) is 103 Å². The minimum absolute atomic E-state index is 0.0415. The minimum atomic E-state index is -3.78. The Labute approximate surface area is 166 Å². The molecule has 0 amide bonds. The number of carbonyl (C=O) groups is 1. The summed E-state index contributed by atoms with van der Waals surface area (Å²) in [6.07, 6.45) is 21.7. The van der Waals surface area contributed by atoms with Gasteiger partial charge < -0.3 is 14.9 Å². The van der Waals surface area contributed by atoms with E-state index in [0.29, 0.717) is 12.8 Å². The van der Waals surface area contributed by atoms with Crippen LogP contribution in [0.5, 0.6) is 0 Å². The minimum Gasteiger partial charge on any atom is -0.481 e. The van der Waals surface area contributed by atoms with Gasteiger partial charge in [-0.3, -0.25) is 9.36 Å². The lowest BCUT2D eigenvalue weighted by molar-refractivity contribution is -0.137. The van der Waals surface area contributed by atoms with Crippen LogP contribution in [0, 0.1) is 0 Å². The van der Waals surface area contributed by atoms with E-state index in [1.165, 1.54) is 83.5 Å². The van der Waals surface area contributed by atoms with Crippen LogP contribution in [0.25, 0.3) is 0 Å². The third-order valence-electron chi connectivity index (χ3n) is 5.09. The quantitative estimate of drug-likeness (QED) is 0.146. The Kier molecular flexibility index (Phi) is 18.7. The first-order chi connectivity index (χ1) is 12.9. The highest BCUT2D eigenvalue weighted by Gasteiger charge is 2.10. The number of aliphatic carboxylic acids is 1. The Balaban J connectivity index is 3.05. The molecule has 27 heavy (non-hydrogen) atoms. The second-order valence-electron chi connectivity index (χ2n) is 7.90. The van der Waals surface area contributed by atoms with Crippen LogP contribution >= 0.6 is 7.60 Å². The van der Waals surface area contributed by atoms with Crippen molar-refractivity contribution in [2.45, 2.75) is 122 Å². The molecular formula is C21H43O5P. The van der Waals surface area contributed by atoms with Gasteiger partial charge in [-0.15, -0.1) is 0 Å². The third kappa shape index (κ3) is 25.6. The molecule has 0 fully saturated rings. The van der Waals surface area contributed by atoms with Crippen LogP contribution in [0.4, 0.5) is 0 Å². The Morgan fingerprint density at radius 2 is 0.778 bits per heavy atom. The average molecular weight is 407 g/mol. The van der Waals surface area contributed by atoms with Gasteiger partial charge in [0.05, 0.1) is 0 Å².